The molecule has 3 nitrogen and oxygen atoms in total. The van der Waals surface area contributed by atoms with Crippen LogP contribution < -0.4 is 0 Å². The van der Waals surface area contributed by atoms with E-state index in [1.165, 1.54) is 13.0 Å². The lowest BCUT2D eigenvalue weighted by molar-refractivity contribution is -0.134. The molecule has 0 N–H and O–H groups in total. The molecule has 0 saturated carbocycles. The number of ketones is 2. The number of hydrogen-bond donors (Lipinski definition) is 0. The van der Waals surface area contributed by atoms with E-state index in [9.17, 15) is 9.59 Å². The molecule has 74 valence electrons. The fourth-order valence-corrected chi connectivity index (χ4v) is 0.599. The molecule has 0 aliphatic heterocycles. The van der Waals surface area contributed by atoms with Gasteiger partial charge in [0, 0.05) is 20.3 Å². The normalized spacial score (nSPS) is 11.8. The van der Waals surface area contributed by atoms with Crippen LogP contribution in [-0.4, -0.2) is 30.6 Å². The summed E-state index contributed by atoms with van der Waals surface area (Å²) in [6, 6.07) is 0. The second-order valence-corrected chi connectivity index (χ2v) is 3.82. The van der Waals surface area contributed by atoms with Crippen molar-refractivity contribution in [1.29, 1.82) is 0 Å². The minimum absolute atomic E-state index is 0.110. The van der Waals surface area contributed by atoms with Crippen molar-refractivity contribution in [3.05, 3.63) is 12.3 Å². The highest BCUT2D eigenvalue weighted by Crippen LogP contribution is 2.18. The quantitative estimate of drug-likeness (QED) is 0.486. The number of rotatable bonds is 4. The van der Waals surface area contributed by atoms with Crippen molar-refractivity contribution >= 4 is 11.6 Å². The van der Waals surface area contributed by atoms with Crippen LogP contribution in [0.5, 0.6) is 0 Å². The van der Waals surface area contributed by atoms with E-state index in [1.807, 2.05) is 14.1 Å². The third-order valence-corrected chi connectivity index (χ3v) is 2.02. The van der Waals surface area contributed by atoms with Crippen molar-refractivity contribution in [2.75, 3.05) is 14.1 Å². The largest absolute Gasteiger partial charge is 0.383 e. The summed E-state index contributed by atoms with van der Waals surface area (Å²) in [6.45, 7) is 4.71. The molecule has 0 rings (SSSR count). The van der Waals surface area contributed by atoms with Crippen molar-refractivity contribution in [1.82, 2.24) is 4.90 Å². The van der Waals surface area contributed by atoms with Gasteiger partial charge in [0.2, 0.25) is 0 Å². The molecule has 0 amide bonds. The van der Waals surface area contributed by atoms with Gasteiger partial charge in [0.25, 0.3) is 0 Å². The molecule has 0 aliphatic carbocycles. The topological polar surface area (TPSA) is 37.4 Å². The Morgan fingerprint density at radius 1 is 1.23 bits per heavy atom. The summed E-state index contributed by atoms with van der Waals surface area (Å²) in [4.78, 5) is 24.3. The molecular formula is C10H17NO2. The van der Waals surface area contributed by atoms with Crippen molar-refractivity contribution in [2.45, 2.75) is 20.8 Å². The molecule has 0 spiro atoms. The number of hydrogen-bond acceptors (Lipinski definition) is 3. The Hall–Kier alpha value is -1.12. The van der Waals surface area contributed by atoms with Crippen molar-refractivity contribution in [3.63, 3.8) is 0 Å². The highest BCUT2D eigenvalue weighted by atomic mass is 16.2. The van der Waals surface area contributed by atoms with Crippen LogP contribution in [0.1, 0.15) is 20.8 Å². The van der Waals surface area contributed by atoms with E-state index in [2.05, 4.69) is 0 Å². The maximum absolute atomic E-state index is 11.5. The zero-order valence-electron chi connectivity index (χ0n) is 8.92. The first-order chi connectivity index (χ1) is 5.78. The highest BCUT2D eigenvalue weighted by molar-refractivity contribution is 6.10. The second-order valence-electron chi connectivity index (χ2n) is 3.82. The molecule has 0 saturated heterocycles. The molecule has 0 atom stereocenters. The van der Waals surface area contributed by atoms with Crippen molar-refractivity contribution in [2.24, 2.45) is 5.41 Å². The van der Waals surface area contributed by atoms with Gasteiger partial charge in [-0.1, -0.05) is 0 Å². The maximum Gasteiger partial charge on any atom is 0.170 e. The molecule has 0 bridgehead atoms. The van der Waals surface area contributed by atoms with Gasteiger partial charge in [0.05, 0.1) is 5.41 Å². The first-order valence-electron chi connectivity index (χ1n) is 4.18. The molecule has 0 aromatic rings. The molecule has 0 fully saturated rings. The predicted molar refractivity (Wildman–Crippen MR) is 52.3 cm³/mol. The van der Waals surface area contributed by atoms with E-state index in [1.54, 1.807) is 24.9 Å². The van der Waals surface area contributed by atoms with Gasteiger partial charge in [-0.25, -0.2) is 0 Å². The molecule has 0 aromatic heterocycles. The van der Waals surface area contributed by atoms with E-state index in [0.717, 1.165) is 0 Å². The van der Waals surface area contributed by atoms with Crippen LogP contribution in [0, 0.1) is 5.41 Å². The summed E-state index contributed by atoms with van der Waals surface area (Å²) in [5.41, 5.74) is -0.896. The third-order valence-electron chi connectivity index (χ3n) is 2.02. The molecular weight excluding hydrogens is 166 g/mol. The molecule has 0 aromatic carbocycles. The number of allylic oxidation sites excluding steroid dienone is 1. The number of nitrogens with zero attached hydrogens (tertiary/aromatic N) is 1. The number of carbonyl (C=O) groups is 2. The van der Waals surface area contributed by atoms with Gasteiger partial charge < -0.3 is 4.90 Å². The van der Waals surface area contributed by atoms with Gasteiger partial charge in [-0.2, -0.15) is 0 Å². The average Bonchev–Trinajstić information content (AvgIpc) is 1.99. The summed E-state index contributed by atoms with van der Waals surface area (Å²) in [5.74, 6) is -0.269. The van der Waals surface area contributed by atoms with Crippen molar-refractivity contribution < 1.29 is 9.59 Å². The van der Waals surface area contributed by atoms with Crippen LogP contribution >= 0.6 is 0 Å². The Morgan fingerprint density at radius 3 is 2.00 bits per heavy atom. The van der Waals surface area contributed by atoms with Gasteiger partial charge >= 0.3 is 0 Å². The Kier molecular flexibility index (Phi) is 3.85. The van der Waals surface area contributed by atoms with E-state index in [-0.39, 0.29) is 11.6 Å². The highest BCUT2D eigenvalue weighted by Gasteiger charge is 2.30. The van der Waals surface area contributed by atoms with Crippen LogP contribution in [-0.2, 0) is 9.59 Å². The summed E-state index contributed by atoms with van der Waals surface area (Å²) >= 11 is 0. The molecule has 0 heterocycles. The zero-order chi connectivity index (χ0) is 10.6. The summed E-state index contributed by atoms with van der Waals surface area (Å²) in [6.07, 6.45) is 3.08. The second kappa shape index (κ2) is 4.21. The fourth-order valence-electron chi connectivity index (χ4n) is 0.599. The predicted octanol–water partition coefficient (Wildman–Crippen LogP) is 1.25. The van der Waals surface area contributed by atoms with E-state index >= 15 is 0 Å². The Morgan fingerprint density at radius 2 is 1.69 bits per heavy atom. The van der Waals surface area contributed by atoms with Crippen LogP contribution in [0.2, 0.25) is 0 Å². The molecule has 0 unspecified atom stereocenters. The van der Waals surface area contributed by atoms with Gasteiger partial charge in [0.15, 0.2) is 5.78 Å². The minimum atomic E-state index is -0.896. The minimum Gasteiger partial charge on any atom is -0.383 e. The molecule has 0 aliphatic rings. The smallest absolute Gasteiger partial charge is 0.170 e. The van der Waals surface area contributed by atoms with E-state index < -0.39 is 5.41 Å². The van der Waals surface area contributed by atoms with Crippen LogP contribution in [0.15, 0.2) is 12.3 Å². The Balaban J connectivity index is 4.52. The first kappa shape index (κ1) is 11.9. The lowest BCUT2D eigenvalue weighted by Gasteiger charge is -2.17. The van der Waals surface area contributed by atoms with Gasteiger partial charge in [0.1, 0.15) is 5.78 Å². The zero-order valence-corrected chi connectivity index (χ0v) is 8.92. The van der Waals surface area contributed by atoms with E-state index in [0.29, 0.717) is 0 Å². The van der Waals surface area contributed by atoms with E-state index in [4.69, 9.17) is 0 Å². The summed E-state index contributed by atoms with van der Waals surface area (Å²) < 4.78 is 0. The number of carbonyl (C=O) groups excluding carboxylic acids is 2. The summed E-state index contributed by atoms with van der Waals surface area (Å²) in [5, 5.41) is 0. The molecule has 3 heteroatoms. The Labute approximate surface area is 79.4 Å². The number of Topliss-reactive ketones (excluding diaryl/α,β-unsaturated/α-hetero) is 1. The van der Waals surface area contributed by atoms with Crippen LogP contribution in [0.3, 0.4) is 0 Å². The molecule has 13 heavy (non-hydrogen) atoms. The standard InChI is InChI=1S/C10H17NO2/c1-8(12)10(2,3)9(13)6-7-11(4)5/h6-7H,1-5H3/b7-6+. The van der Waals surface area contributed by atoms with Gasteiger partial charge in [-0.05, 0) is 26.8 Å². The first-order valence-corrected chi connectivity index (χ1v) is 4.18. The van der Waals surface area contributed by atoms with Crippen molar-refractivity contribution in [3.8, 4) is 0 Å². The molecule has 0 radical (unpaired) electrons. The average molecular weight is 183 g/mol. The maximum atomic E-state index is 11.5. The van der Waals surface area contributed by atoms with Crippen LogP contribution in [0.25, 0.3) is 0 Å². The SMILES string of the molecule is CC(=O)C(C)(C)C(=O)/C=C/N(C)C. The lowest BCUT2D eigenvalue weighted by Crippen LogP contribution is -2.30. The van der Waals surface area contributed by atoms with Gasteiger partial charge in [-0.15, -0.1) is 0 Å². The third kappa shape index (κ3) is 3.40. The van der Waals surface area contributed by atoms with Gasteiger partial charge in [-0.3, -0.25) is 9.59 Å². The Bertz CT molecular complexity index is 239. The fraction of sp³-hybridized carbons (Fsp3) is 0.600. The monoisotopic (exact) mass is 183 g/mol. The summed E-state index contributed by atoms with van der Waals surface area (Å²) in [7, 11) is 3.65. The lowest BCUT2D eigenvalue weighted by atomic mass is 9.84. The van der Waals surface area contributed by atoms with Crippen LogP contribution in [0.4, 0.5) is 0 Å².